The SMILES string of the molecule is C[Si](C)(C)P.[CH3][Sn]([CH3])[CH3].[CH3][Sn]([CH3])[CH3]. The molecule has 0 aromatic rings. The summed E-state index contributed by atoms with van der Waals surface area (Å²) in [4.78, 5) is 14.2. The first kappa shape index (κ1) is 20.6. The van der Waals surface area contributed by atoms with Gasteiger partial charge in [0.2, 0.25) is 0 Å². The molecule has 0 spiro atoms. The first-order valence-electron chi connectivity index (χ1n) is 4.79. The Hall–Kier alpha value is 2.24. The van der Waals surface area contributed by atoms with Crippen LogP contribution in [0.2, 0.25) is 49.3 Å². The minimum atomic E-state index is -0.694. The van der Waals surface area contributed by atoms with E-state index in [1.165, 1.54) is 0 Å². The molecule has 4 heteroatoms. The van der Waals surface area contributed by atoms with Gasteiger partial charge in [0.15, 0.2) is 0 Å². The fourth-order valence-corrected chi connectivity index (χ4v) is 0. The molecule has 1 unspecified atom stereocenters. The topological polar surface area (TPSA) is 0 Å². The molecule has 13 heavy (non-hydrogen) atoms. The molecule has 0 aliphatic carbocycles. The fourth-order valence-electron chi connectivity index (χ4n) is 0. The molecule has 0 saturated carbocycles. The van der Waals surface area contributed by atoms with E-state index in [-0.39, 0.29) is 0 Å². The Labute approximate surface area is 104 Å². The summed E-state index contributed by atoms with van der Waals surface area (Å²) in [5, 5.41) is 0. The predicted octanol–water partition coefficient (Wildman–Crippen LogP) is 4.44. The van der Waals surface area contributed by atoms with E-state index in [1.807, 2.05) is 0 Å². The Balaban J connectivity index is -0.000000117. The molecule has 0 bridgehead atoms. The zero-order valence-electron chi connectivity index (χ0n) is 11.1. The molecule has 0 fully saturated rings. The number of hydrogen-bond donors (Lipinski definition) is 0. The van der Waals surface area contributed by atoms with Crippen LogP contribution in [-0.4, -0.2) is 47.3 Å². The summed E-state index contributed by atoms with van der Waals surface area (Å²) in [7, 11) is 2.16. The summed E-state index contributed by atoms with van der Waals surface area (Å²) in [5.74, 6) is 0. The van der Waals surface area contributed by atoms with Gasteiger partial charge < -0.3 is 0 Å². The number of hydrogen-bond acceptors (Lipinski definition) is 0. The molecule has 0 nitrogen and oxygen atoms in total. The van der Waals surface area contributed by atoms with Crippen LogP contribution in [0, 0.1) is 0 Å². The Morgan fingerprint density at radius 1 is 0.692 bits per heavy atom. The second-order valence-corrected chi connectivity index (χ2v) is 32.4. The molecule has 0 aromatic heterocycles. The minimum absolute atomic E-state index is 0.543. The monoisotopic (exact) mass is 436 g/mol. The molecule has 2 radical (unpaired) electrons. The van der Waals surface area contributed by atoms with E-state index in [0.29, 0.717) is 0 Å². The molecule has 0 amide bonds. The average Bonchev–Trinajstić information content (AvgIpc) is 1.50. The van der Waals surface area contributed by atoms with Crippen LogP contribution in [0.1, 0.15) is 0 Å². The van der Waals surface area contributed by atoms with Gasteiger partial charge in [-0.1, -0.05) is 19.6 Å². The summed E-state index contributed by atoms with van der Waals surface area (Å²) in [5.41, 5.74) is 0. The zero-order valence-corrected chi connectivity index (χ0v) is 18.9. The fraction of sp³-hybridized carbons (Fsp3) is 1.00. The van der Waals surface area contributed by atoms with Gasteiger partial charge in [0.25, 0.3) is 0 Å². The van der Waals surface area contributed by atoms with Crippen molar-refractivity contribution in [3.8, 4) is 0 Å². The zero-order chi connectivity index (χ0) is 11.7. The van der Waals surface area contributed by atoms with Crippen molar-refractivity contribution in [2.75, 3.05) is 0 Å². The van der Waals surface area contributed by atoms with Crippen LogP contribution < -0.4 is 0 Å². The third-order valence-electron chi connectivity index (χ3n) is 0. The van der Waals surface area contributed by atoms with Crippen LogP contribution in [-0.2, 0) is 0 Å². The van der Waals surface area contributed by atoms with Crippen molar-refractivity contribution in [3.05, 3.63) is 0 Å². The summed E-state index contributed by atoms with van der Waals surface area (Å²) in [6, 6.07) is 0. The van der Waals surface area contributed by atoms with Crippen LogP contribution in [0.5, 0.6) is 0 Å². The Morgan fingerprint density at radius 2 is 0.692 bits per heavy atom. The molecule has 0 heterocycles. The van der Waals surface area contributed by atoms with Crippen molar-refractivity contribution in [2.45, 2.75) is 49.3 Å². The molecule has 0 aromatic carbocycles. The van der Waals surface area contributed by atoms with E-state index >= 15 is 0 Å². The van der Waals surface area contributed by atoms with Gasteiger partial charge in [-0.15, -0.1) is 8.79 Å². The Kier molecular flexibility index (Phi) is 19.5. The average molecular weight is 434 g/mol. The maximum absolute atomic E-state index is 2.85. The van der Waals surface area contributed by atoms with Crippen LogP contribution in [0.15, 0.2) is 0 Å². The Bertz CT molecular complexity index is 72.6. The van der Waals surface area contributed by atoms with Crippen molar-refractivity contribution in [2.24, 2.45) is 0 Å². The predicted molar refractivity (Wildman–Crippen MR) is 79.7 cm³/mol. The van der Waals surface area contributed by atoms with E-state index in [2.05, 4.69) is 58.1 Å². The first-order chi connectivity index (χ1) is 5.46. The molecule has 1 atom stereocenters. The summed E-state index contributed by atoms with van der Waals surface area (Å²) < 4.78 is 0. The normalized spacial score (nSPS) is 10.2. The van der Waals surface area contributed by atoms with E-state index in [4.69, 9.17) is 0 Å². The van der Waals surface area contributed by atoms with Crippen molar-refractivity contribution in [1.29, 1.82) is 0 Å². The summed E-state index contributed by atoms with van der Waals surface area (Å²) in [6.07, 6.45) is 0. The van der Waals surface area contributed by atoms with Gasteiger partial charge in [0, 0.05) is 0 Å². The van der Waals surface area contributed by atoms with E-state index < -0.39 is 47.3 Å². The van der Waals surface area contributed by atoms with Gasteiger partial charge in [-0.3, -0.25) is 0 Å². The van der Waals surface area contributed by atoms with Crippen LogP contribution >= 0.6 is 8.79 Å². The quantitative estimate of drug-likeness (QED) is 0.391. The van der Waals surface area contributed by atoms with Gasteiger partial charge >= 0.3 is 69.2 Å². The molecular formula is C9H29PSiSn2. The van der Waals surface area contributed by atoms with Gasteiger partial charge in [0.05, 0.1) is 7.74 Å². The number of rotatable bonds is 0. The molecule has 0 rings (SSSR count). The molecule has 0 aliphatic rings. The second kappa shape index (κ2) is 12.3. The van der Waals surface area contributed by atoms with E-state index in [0.717, 1.165) is 0 Å². The molecule has 82 valence electrons. The van der Waals surface area contributed by atoms with Crippen molar-refractivity contribution < 1.29 is 0 Å². The third-order valence-corrected chi connectivity index (χ3v) is 0. The molecule has 0 saturated heterocycles. The molecule has 0 aliphatic heterocycles. The third kappa shape index (κ3) is 424. The van der Waals surface area contributed by atoms with Gasteiger partial charge in [-0.05, 0) is 0 Å². The molecular weight excluding hydrogens is 405 g/mol. The van der Waals surface area contributed by atoms with Gasteiger partial charge in [0.1, 0.15) is 0 Å². The van der Waals surface area contributed by atoms with E-state index in [1.54, 1.807) is 0 Å². The van der Waals surface area contributed by atoms with Crippen molar-refractivity contribution >= 4 is 56.0 Å². The van der Waals surface area contributed by atoms with E-state index in [9.17, 15) is 0 Å². The first-order valence-corrected chi connectivity index (χ1v) is 27.2. The summed E-state index contributed by atoms with van der Waals surface area (Å²) in [6.45, 7) is 6.87. The Morgan fingerprint density at radius 3 is 0.692 bits per heavy atom. The summed E-state index contributed by atoms with van der Waals surface area (Å²) >= 11 is -1.09. The van der Waals surface area contributed by atoms with Crippen LogP contribution in [0.25, 0.3) is 0 Å². The van der Waals surface area contributed by atoms with Gasteiger partial charge in [-0.2, -0.15) is 0 Å². The van der Waals surface area contributed by atoms with Crippen molar-refractivity contribution in [3.63, 3.8) is 0 Å². The van der Waals surface area contributed by atoms with Crippen LogP contribution in [0.4, 0.5) is 0 Å². The standard InChI is InChI=1S/C3H11PSi.6CH3.2Sn/c1-5(2,3)4;;;;;;;;/h4H2,1-3H3;6*1H3;;. The second-order valence-electron chi connectivity index (χ2n) is 5.37. The molecule has 0 N–H and O–H groups in total. The van der Waals surface area contributed by atoms with Crippen molar-refractivity contribution in [1.82, 2.24) is 0 Å². The van der Waals surface area contributed by atoms with Crippen LogP contribution in [0.3, 0.4) is 0 Å². The van der Waals surface area contributed by atoms with Gasteiger partial charge in [-0.25, -0.2) is 0 Å². The maximum atomic E-state index is 2.85.